The van der Waals surface area contributed by atoms with Gasteiger partial charge in [-0.1, -0.05) is 19.1 Å². The zero-order chi connectivity index (χ0) is 10.6. The summed E-state index contributed by atoms with van der Waals surface area (Å²) in [6.45, 7) is 6.16. The van der Waals surface area contributed by atoms with E-state index >= 15 is 0 Å². The third-order valence-corrected chi connectivity index (χ3v) is 2.12. The zero-order valence-corrected chi connectivity index (χ0v) is 9.08. The van der Waals surface area contributed by atoms with Crippen molar-refractivity contribution in [3.05, 3.63) is 29.3 Å². The Balaban J connectivity index is 3.02. The van der Waals surface area contributed by atoms with Crippen LogP contribution in [0.1, 0.15) is 31.9 Å². The number of aliphatic hydroxyl groups is 1. The second kappa shape index (κ2) is 5.01. The number of benzene rings is 1. The first-order valence-electron chi connectivity index (χ1n) is 5.07. The van der Waals surface area contributed by atoms with E-state index in [-0.39, 0.29) is 12.7 Å². The Hall–Kier alpha value is -1.02. The maximum Gasteiger partial charge on any atom is 0.123 e. The Morgan fingerprint density at radius 3 is 2.57 bits per heavy atom. The first-order chi connectivity index (χ1) is 6.69. The molecule has 1 N–H and O–H groups in total. The minimum Gasteiger partial charge on any atom is -0.491 e. The van der Waals surface area contributed by atoms with Crippen LogP contribution in [0.25, 0.3) is 0 Å². The number of rotatable bonds is 4. The van der Waals surface area contributed by atoms with Crippen LogP contribution in [0.15, 0.2) is 18.2 Å². The minimum absolute atomic E-state index is 0.0818. The molecule has 14 heavy (non-hydrogen) atoms. The lowest BCUT2D eigenvalue weighted by atomic mass is 10.0. The van der Waals surface area contributed by atoms with E-state index in [1.807, 2.05) is 32.0 Å². The Labute approximate surface area is 85.5 Å². The largest absolute Gasteiger partial charge is 0.491 e. The molecular weight excluding hydrogens is 176 g/mol. The van der Waals surface area contributed by atoms with Gasteiger partial charge in [-0.2, -0.15) is 0 Å². The summed E-state index contributed by atoms with van der Waals surface area (Å²) in [6, 6.07) is 5.81. The molecule has 1 rings (SSSR count). The highest BCUT2D eigenvalue weighted by Gasteiger charge is 2.07. The average Bonchev–Trinajstić information content (AvgIpc) is 2.16. The van der Waals surface area contributed by atoms with Gasteiger partial charge in [0.1, 0.15) is 5.75 Å². The molecule has 1 aromatic rings. The Bertz CT molecular complexity index is 292. The molecule has 0 unspecified atom stereocenters. The summed E-state index contributed by atoms with van der Waals surface area (Å²) in [7, 11) is 0. The maximum atomic E-state index is 9.15. The lowest BCUT2D eigenvalue weighted by molar-refractivity contribution is 0.237. The Kier molecular flexibility index (Phi) is 3.96. The molecule has 2 heteroatoms. The van der Waals surface area contributed by atoms with Gasteiger partial charge in [-0.05, 0) is 37.5 Å². The molecule has 78 valence electrons. The number of hydrogen-bond donors (Lipinski definition) is 1. The molecule has 0 aliphatic rings. The smallest absolute Gasteiger partial charge is 0.123 e. The van der Waals surface area contributed by atoms with Gasteiger partial charge >= 0.3 is 0 Å². The summed E-state index contributed by atoms with van der Waals surface area (Å²) in [5.74, 6) is 0.897. The monoisotopic (exact) mass is 194 g/mol. The van der Waals surface area contributed by atoms with Gasteiger partial charge in [-0.3, -0.25) is 0 Å². The van der Waals surface area contributed by atoms with E-state index in [2.05, 4.69) is 6.92 Å². The van der Waals surface area contributed by atoms with Crippen molar-refractivity contribution in [1.29, 1.82) is 0 Å². The van der Waals surface area contributed by atoms with Crippen molar-refractivity contribution in [3.63, 3.8) is 0 Å². The highest BCUT2D eigenvalue weighted by atomic mass is 16.5. The molecular formula is C12H18O2. The SMILES string of the molecule is CCc1c(CO)cccc1OC(C)C. The molecule has 0 spiro atoms. The molecule has 0 aliphatic carbocycles. The van der Waals surface area contributed by atoms with Crippen molar-refractivity contribution >= 4 is 0 Å². The highest BCUT2D eigenvalue weighted by molar-refractivity contribution is 5.40. The molecule has 0 saturated heterocycles. The number of aliphatic hydroxyl groups excluding tert-OH is 1. The van der Waals surface area contributed by atoms with Gasteiger partial charge in [-0.15, -0.1) is 0 Å². The Morgan fingerprint density at radius 1 is 1.36 bits per heavy atom. The fourth-order valence-electron chi connectivity index (χ4n) is 1.52. The van der Waals surface area contributed by atoms with Crippen molar-refractivity contribution < 1.29 is 9.84 Å². The zero-order valence-electron chi connectivity index (χ0n) is 9.08. The van der Waals surface area contributed by atoms with Crippen LogP contribution in [0.4, 0.5) is 0 Å². The fourth-order valence-corrected chi connectivity index (χ4v) is 1.52. The number of ether oxygens (including phenoxy) is 1. The van der Waals surface area contributed by atoms with E-state index in [0.717, 1.165) is 23.3 Å². The van der Waals surface area contributed by atoms with Crippen LogP contribution >= 0.6 is 0 Å². The fraction of sp³-hybridized carbons (Fsp3) is 0.500. The van der Waals surface area contributed by atoms with Crippen LogP contribution in [0.3, 0.4) is 0 Å². The topological polar surface area (TPSA) is 29.5 Å². The van der Waals surface area contributed by atoms with E-state index in [0.29, 0.717) is 0 Å². The van der Waals surface area contributed by atoms with Crippen LogP contribution in [-0.2, 0) is 13.0 Å². The summed E-state index contributed by atoms with van der Waals surface area (Å²) in [5, 5.41) is 9.15. The van der Waals surface area contributed by atoms with Crippen molar-refractivity contribution in [1.82, 2.24) is 0 Å². The molecule has 0 aromatic heterocycles. The molecule has 2 nitrogen and oxygen atoms in total. The van der Waals surface area contributed by atoms with Gasteiger partial charge in [0.2, 0.25) is 0 Å². The van der Waals surface area contributed by atoms with Crippen LogP contribution in [-0.4, -0.2) is 11.2 Å². The molecule has 0 saturated carbocycles. The molecule has 0 radical (unpaired) electrons. The predicted molar refractivity (Wildman–Crippen MR) is 57.5 cm³/mol. The normalized spacial score (nSPS) is 10.6. The van der Waals surface area contributed by atoms with Crippen LogP contribution in [0, 0.1) is 0 Å². The summed E-state index contributed by atoms with van der Waals surface area (Å²) >= 11 is 0. The van der Waals surface area contributed by atoms with Gasteiger partial charge in [0.15, 0.2) is 0 Å². The average molecular weight is 194 g/mol. The predicted octanol–water partition coefficient (Wildman–Crippen LogP) is 2.53. The summed E-state index contributed by atoms with van der Waals surface area (Å²) < 4.78 is 5.67. The molecule has 0 amide bonds. The molecule has 0 atom stereocenters. The van der Waals surface area contributed by atoms with Crippen LogP contribution < -0.4 is 4.74 Å². The molecule has 0 heterocycles. The summed E-state index contributed by atoms with van der Waals surface area (Å²) in [6.07, 6.45) is 1.06. The van der Waals surface area contributed by atoms with Gasteiger partial charge < -0.3 is 9.84 Å². The van der Waals surface area contributed by atoms with E-state index in [1.54, 1.807) is 0 Å². The van der Waals surface area contributed by atoms with Crippen LogP contribution in [0.2, 0.25) is 0 Å². The van der Waals surface area contributed by atoms with E-state index in [9.17, 15) is 0 Å². The van der Waals surface area contributed by atoms with Crippen molar-refractivity contribution in [2.75, 3.05) is 0 Å². The van der Waals surface area contributed by atoms with E-state index in [4.69, 9.17) is 9.84 Å². The lowest BCUT2D eigenvalue weighted by Gasteiger charge is -2.15. The third-order valence-electron chi connectivity index (χ3n) is 2.12. The number of hydrogen-bond acceptors (Lipinski definition) is 2. The molecule has 0 aliphatic heterocycles. The quantitative estimate of drug-likeness (QED) is 0.798. The molecule has 0 bridgehead atoms. The summed E-state index contributed by atoms with van der Waals surface area (Å²) in [4.78, 5) is 0. The van der Waals surface area contributed by atoms with Gasteiger partial charge in [0, 0.05) is 0 Å². The van der Waals surface area contributed by atoms with E-state index < -0.39 is 0 Å². The minimum atomic E-state index is 0.0818. The maximum absolute atomic E-state index is 9.15. The Morgan fingerprint density at radius 2 is 2.07 bits per heavy atom. The van der Waals surface area contributed by atoms with Crippen LogP contribution in [0.5, 0.6) is 5.75 Å². The van der Waals surface area contributed by atoms with Crippen molar-refractivity contribution in [3.8, 4) is 5.75 Å². The first kappa shape index (κ1) is 11.1. The van der Waals surface area contributed by atoms with Crippen molar-refractivity contribution in [2.45, 2.75) is 39.9 Å². The third kappa shape index (κ3) is 2.48. The van der Waals surface area contributed by atoms with Gasteiger partial charge in [-0.25, -0.2) is 0 Å². The second-order valence-electron chi connectivity index (χ2n) is 3.57. The van der Waals surface area contributed by atoms with Gasteiger partial charge in [0.05, 0.1) is 12.7 Å². The lowest BCUT2D eigenvalue weighted by Crippen LogP contribution is -2.08. The highest BCUT2D eigenvalue weighted by Crippen LogP contribution is 2.24. The standard InChI is InChI=1S/C12H18O2/c1-4-11-10(8-13)6-5-7-12(11)14-9(2)3/h5-7,9,13H,4,8H2,1-3H3. The first-order valence-corrected chi connectivity index (χ1v) is 5.07. The van der Waals surface area contributed by atoms with Gasteiger partial charge in [0.25, 0.3) is 0 Å². The summed E-state index contributed by atoms with van der Waals surface area (Å²) in [5.41, 5.74) is 2.08. The molecule has 1 aromatic carbocycles. The van der Waals surface area contributed by atoms with Crippen molar-refractivity contribution in [2.24, 2.45) is 0 Å². The second-order valence-corrected chi connectivity index (χ2v) is 3.57. The van der Waals surface area contributed by atoms with E-state index in [1.165, 1.54) is 0 Å². The molecule has 0 fully saturated rings.